The van der Waals surface area contributed by atoms with Crippen molar-refractivity contribution in [1.29, 1.82) is 0 Å². The molecular formula is C14H24N2. The zero-order valence-corrected chi connectivity index (χ0v) is 10.9. The third kappa shape index (κ3) is 4.73. The molecule has 0 bridgehead atoms. The molecule has 0 aliphatic rings. The zero-order chi connectivity index (χ0) is 11.8. The fraction of sp³-hybridized carbons (Fsp3) is 0.714. The minimum Gasteiger partial charge on any atom is -0.241 e. The van der Waals surface area contributed by atoms with Crippen molar-refractivity contribution in [3.8, 4) is 0 Å². The lowest BCUT2D eigenvalue weighted by Gasteiger charge is -2.05. The highest BCUT2D eigenvalue weighted by Crippen LogP contribution is 2.11. The number of rotatable bonds is 7. The second-order valence-corrected chi connectivity index (χ2v) is 4.56. The highest BCUT2D eigenvalue weighted by atomic mass is 14.9. The molecule has 0 unspecified atom stereocenters. The number of unbranched alkanes of at least 4 members (excludes halogenated alkanes) is 5. The molecule has 0 aliphatic carbocycles. The van der Waals surface area contributed by atoms with Crippen molar-refractivity contribution < 1.29 is 0 Å². The summed E-state index contributed by atoms with van der Waals surface area (Å²) in [5.41, 5.74) is 2.47. The first kappa shape index (κ1) is 13.1. The first-order chi connectivity index (χ1) is 7.74. The Morgan fingerprint density at radius 3 is 2.44 bits per heavy atom. The van der Waals surface area contributed by atoms with Crippen LogP contribution in [0.3, 0.4) is 0 Å². The molecule has 2 heteroatoms. The van der Waals surface area contributed by atoms with Gasteiger partial charge in [-0.05, 0) is 32.3 Å². The second kappa shape index (κ2) is 7.37. The van der Waals surface area contributed by atoms with Gasteiger partial charge in [0.15, 0.2) is 0 Å². The van der Waals surface area contributed by atoms with Gasteiger partial charge in [0.25, 0.3) is 0 Å². The fourth-order valence-electron chi connectivity index (χ4n) is 1.90. The van der Waals surface area contributed by atoms with E-state index in [1.807, 2.05) is 13.1 Å². The van der Waals surface area contributed by atoms with Crippen LogP contribution in [0.2, 0.25) is 0 Å². The Bertz CT molecular complexity index is 308. The van der Waals surface area contributed by atoms with Gasteiger partial charge >= 0.3 is 0 Å². The number of nitrogens with zero attached hydrogens (tertiary/aromatic N) is 2. The topological polar surface area (TPSA) is 25.8 Å². The molecule has 0 fully saturated rings. The van der Waals surface area contributed by atoms with E-state index in [0.29, 0.717) is 0 Å². The monoisotopic (exact) mass is 220 g/mol. The number of hydrogen-bond acceptors (Lipinski definition) is 2. The van der Waals surface area contributed by atoms with Crippen molar-refractivity contribution in [3.63, 3.8) is 0 Å². The summed E-state index contributed by atoms with van der Waals surface area (Å²) in [6.07, 6.45) is 11.1. The van der Waals surface area contributed by atoms with Gasteiger partial charge in [-0.15, -0.1) is 0 Å². The first-order valence-electron chi connectivity index (χ1n) is 6.53. The number of aromatic nitrogens is 2. The van der Waals surface area contributed by atoms with E-state index in [1.54, 1.807) is 0 Å². The van der Waals surface area contributed by atoms with Crippen molar-refractivity contribution in [3.05, 3.63) is 23.3 Å². The molecule has 0 aliphatic heterocycles. The summed E-state index contributed by atoms with van der Waals surface area (Å²) in [5, 5.41) is 0. The average molecular weight is 220 g/mol. The van der Waals surface area contributed by atoms with Gasteiger partial charge in [-0.2, -0.15) is 0 Å². The molecule has 16 heavy (non-hydrogen) atoms. The van der Waals surface area contributed by atoms with Crippen LogP contribution in [0.5, 0.6) is 0 Å². The summed E-state index contributed by atoms with van der Waals surface area (Å²) in [5.74, 6) is 0.895. The standard InChI is InChI=1S/C14H24N2/c1-4-5-6-7-8-9-10-14-12(2)11-15-13(3)16-14/h11H,4-10H2,1-3H3. The van der Waals surface area contributed by atoms with Gasteiger partial charge in [-0.3, -0.25) is 0 Å². The average Bonchev–Trinajstić information content (AvgIpc) is 2.28. The van der Waals surface area contributed by atoms with Gasteiger partial charge in [0.1, 0.15) is 5.82 Å². The van der Waals surface area contributed by atoms with Crippen molar-refractivity contribution in [2.75, 3.05) is 0 Å². The summed E-state index contributed by atoms with van der Waals surface area (Å²) in [6, 6.07) is 0. The van der Waals surface area contributed by atoms with Crippen molar-refractivity contribution in [2.45, 2.75) is 65.7 Å². The third-order valence-electron chi connectivity index (χ3n) is 2.96. The molecule has 0 atom stereocenters. The normalized spacial score (nSPS) is 10.7. The van der Waals surface area contributed by atoms with Gasteiger partial charge in [0.2, 0.25) is 0 Å². The van der Waals surface area contributed by atoms with Gasteiger partial charge in [0.05, 0.1) is 0 Å². The van der Waals surface area contributed by atoms with E-state index in [4.69, 9.17) is 0 Å². The molecule has 0 saturated carbocycles. The lowest BCUT2D eigenvalue weighted by atomic mass is 10.1. The Labute approximate surface area is 99.5 Å². The number of hydrogen-bond donors (Lipinski definition) is 0. The van der Waals surface area contributed by atoms with Crippen LogP contribution in [0.4, 0.5) is 0 Å². The Morgan fingerprint density at radius 1 is 1.00 bits per heavy atom. The van der Waals surface area contributed by atoms with Crippen LogP contribution in [0, 0.1) is 13.8 Å². The lowest BCUT2D eigenvalue weighted by Crippen LogP contribution is -1.98. The van der Waals surface area contributed by atoms with Crippen LogP contribution in [0.25, 0.3) is 0 Å². The highest BCUT2D eigenvalue weighted by molar-refractivity contribution is 5.15. The number of aryl methyl sites for hydroxylation is 3. The maximum absolute atomic E-state index is 4.50. The van der Waals surface area contributed by atoms with Crippen LogP contribution >= 0.6 is 0 Å². The van der Waals surface area contributed by atoms with Gasteiger partial charge in [0, 0.05) is 11.9 Å². The third-order valence-corrected chi connectivity index (χ3v) is 2.96. The summed E-state index contributed by atoms with van der Waals surface area (Å²) in [7, 11) is 0. The largest absolute Gasteiger partial charge is 0.241 e. The molecule has 0 radical (unpaired) electrons. The summed E-state index contributed by atoms with van der Waals surface area (Å²) in [4.78, 5) is 8.69. The van der Waals surface area contributed by atoms with Crippen molar-refractivity contribution in [1.82, 2.24) is 9.97 Å². The smallest absolute Gasteiger partial charge is 0.125 e. The maximum Gasteiger partial charge on any atom is 0.125 e. The molecule has 1 rings (SSSR count). The van der Waals surface area contributed by atoms with E-state index < -0.39 is 0 Å². The Balaban J connectivity index is 2.23. The van der Waals surface area contributed by atoms with E-state index in [1.165, 1.54) is 49.8 Å². The van der Waals surface area contributed by atoms with Crippen molar-refractivity contribution >= 4 is 0 Å². The second-order valence-electron chi connectivity index (χ2n) is 4.56. The molecule has 1 aromatic rings. The molecule has 1 heterocycles. The summed E-state index contributed by atoms with van der Waals surface area (Å²) in [6.45, 7) is 6.32. The van der Waals surface area contributed by atoms with Crippen LogP contribution in [-0.2, 0) is 6.42 Å². The van der Waals surface area contributed by atoms with Gasteiger partial charge < -0.3 is 0 Å². The minimum atomic E-state index is 0.895. The van der Waals surface area contributed by atoms with Crippen LogP contribution < -0.4 is 0 Å². The molecule has 1 aromatic heterocycles. The quantitative estimate of drug-likeness (QED) is 0.649. The Kier molecular flexibility index (Phi) is 6.05. The van der Waals surface area contributed by atoms with Gasteiger partial charge in [-0.25, -0.2) is 9.97 Å². The lowest BCUT2D eigenvalue weighted by molar-refractivity contribution is 0.603. The minimum absolute atomic E-state index is 0.895. The Morgan fingerprint density at radius 2 is 1.69 bits per heavy atom. The van der Waals surface area contributed by atoms with Crippen LogP contribution in [0.15, 0.2) is 6.20 Å². The molecule has 0 spiro atoms. The maximum atomic E-state index is 4.50. The fourth-order valence-corrected chi connectivity index (χ4v) is 1.90. The molecule has 2 nitrogen and oxygen atoms in total. The van der Waals surface area contributed by atoms with E-state index in [2.05, 4.69) is 23.8 Å². The summed E-state index contributed by atoms with van der Waals surface area (Å²) >= 11 is 0. The van der Waals surface area contributed by atoms with E-state index in [9.17, 15) is 0 Å². The summed E-state index contributed by atoms with van der Waals surface area (Å²) < 4.78 is 0. The van der Waals surface area contributed by atoms with Crippen LogP contribution in [0.1, 0.15) is 62.5 Å². The Hall–Kier alpha value is -0.920. The molecule has 0 amide bonds. The first-order valence-corrected chi connectivity index (χ1v) is 6.53. The predicted molar refractivity (Wildman–Crippen MR) is 68.6 cm³/mol. The highest BCUT2D eigenvalue weighted by Gasteiger charge is 2.01. The predicted octanol–water partition coefficient (Wildman–Crippen LogP) is 4.00. The molecule has 90 valence electrons. The molecule has 0 saturated heterocycles. The van der Waals surface area contributed by atoms with E-state index in [0.717, 1.165) is 12.2 Å². The molecule has 0 N–H and O–H groups in total. The van der Waals surface area contributed by atoms with E-state index >= 15 is 0 Å². The molecule has 0 aromatic carbocycles. The van der Waals surface area contributed by atoms with E-state index in [-0.39, 0.29) is 0 Å². The SMILES string of the molecule is CCCCCCCCc1nc(C)ncc1C. The molecular weight excluding hydrogens is 196 g/mol. The van der Waals surface area contributed by atoms with Crippen LogP contribution in [-0.4, -0.2) is 9.97 Å². The van der Waals surface area contributed by atoms with Crippen molar-refractivity contribution in [2.24, 2.45) is 0 Å². The zero-order valence-electron chi connectivity index (χ0n) is 10.9. The van der Waals surface area contributed by atoms with Gasteiger partial charge in [-0.1, -0.05) is 39.0 Å².